The fourth-order valence-corrected chi connectivity index (χ4v) is 6.55. The Hall–Kier alpha value is -5.82. The van der Waals surface area contributed by atoms with E-state index in [0.29, 0.717) is 45.2 Å². The van der Waals surface area contributed by atoms with Crippen molar-refractivity contribution in [1.29, 1.82) is 0 Å². The Morgan fingerprint density at radius 1 is 0.511 bits per heavy atom. The highest BCUT2D eigenvalue weighted by Gasteiger charge is 2.53. The lowest BCUT2D eigenvalue weighted by molar-refractivity contribution is -0.123. The first-order valence-corrected chi connectivity index (χ1v) is 14.7. The molecule has 0 aliphatic carbocycles. The summed E-state index contributed by atoms with van der Waals surface area (Å²) < 4.78 is 5.38. The molecule has 2 heterocycles. The summed E-state index contributed by atoms with van der Waals surface area (Å²) in [7, 11) is 1.54. The van der Waals surface area contributed by atoms with E-state index in [0.717, 1.165) is 0 Å². The highest BCUT2D eigenvalue weighted by Crippen LogP contribution is 2.48. The fourth-order valence-electron chi connectivity index (χ4n) is 6.55. The molecule has 7 rings (SSSR count). The molecule has 2 aliphatic heterocycles. The van der Waals surface area contributed by atoms with Gasteiger partial charge in [-0.3, -0.25) is 29.0 Å². The molecule has 2 atom stereocenters. The van der Waals surface area contributed by atoms with Crippen LogP contribution in [0.1, 0.15) is 32.2 Å². The van der Waals surface area contributed by atoms with Crippen molar-refractivity contribution in [2.24, 2.45) is 11.8 Å². The van der Waals surface area contributed by atoms with E-state index < -0.39 is 41.1 Å². The largest absolute Gasteiger partial charge is 0.497 e. The third-order valence-electron chi connectivity index (χ3n) is 8.61. The number of anilines is 4. The number of para-hydroxylation sites is 4. The van der Waals surface area contributed by atoms with Gasteiger partial charge in [0.05, 0.1) is 18.5 Å². The van der Waals surface area contributed by atoms with Gasteiger partial charge in [-0.2, -0.15) is 0 Å². The molecule has 0 fully saturated rings. The zero-order chi connectivity index (χ0) is 31.1. The van der Waals surface area contributed by atoms with Crippen molar-refractivity contribution in [1.82, 2.24) is 0 Å². The van der Waals surface area contributed by atoms with Gasteiger partial charge in [0.25, 0.3) is 0 Å². The zero-order valence-electron chi connectivity index (χ0n) is 24.4. The number of hydrogen-bond donors (Lipinski definition) is 0. The number of Topliss-reactive ketones (excluding diaryl/α,β-unsaturated/α-hetero) is 2. The van der Waals surface area contributed by atoms with Crippen LogP contribution in [0.2, 0.25) is 0 Å². The van der Waals surface area contributed by atoms with Crippen LogP contribution in [0, 0.1) is 11.8 Å². The highest BCUT2D eigenvalue weighted by atomic mass is 16.5. The lowest BCUT2D eigenvalue weighted by Gasteiger charge is -2.41. The third-order valence-corrected chi connectivity index (χ3v) is 8.61. The average Bonchev–Trinajstić information content (AvgIpc) is 3.09. The van der Waals surface area contributed by atoms with Crippen LogP contribution in [-0.2, 0) is 9.59 Å². The maximum atomic E-state index is 14.7. The van der Waals surface area contributed by atoms with Gasteiger partial charge in [0.2, 0.25) is 11.8 Å². The molecule has 220 valence electrons. The summed E-state index contributed by atoms with van der Waals surface area (Å²) in [6, 6.07) is 39.0. The predicted molar refractivity (Wildman–Crippen MR) is 171 cm³/mol. The molecular weight excluding hydrogens is 564 g/mol. The van der Waals surface area contributed by atoms with Crippen LogP contribution in [0.5, 0.6) is 5.75 Å². The smallest absolute Gasteiger partial charge is 0.243 e. The molecular formula is C38H28N2O5. The number of methoxy groups -OCH3 is 1. The molecule has 5 aromatic carbocycles. The Bertz CT molecular complexity index is 1820. The summed E-state index contributed by atoms with van der Waals surface area (Å²) in [5.74, 6) is -5.16. The van der Waals surface area contributed by atoms with Gasteiger partial charge < -0.3 is 4.74 Å². The Morgan fingerprint density at radius 2 is 0.911 bits per heavy atom. The second kappa shape index (κ2) is 11.4. The molecule has 0 N–H and O–H groups in total. The Morgan fingerprint density at radius 3 is 1.33 bits per heavy atom. The number of nitrogens with zero attached hydrogens (tertiary/aromatic N) is 2. The molecule has 0 saturated heterocycles. The molecule has 2 amide bonds. The van der Waals surface area contributed by atoms with Crippen molar-refractivity contribution >= 4 is 46.1 Å². The number of ether oxygens (including phenoxy) is 1. The normalized spacial score (nSPS) is 17.7. The Labute approximate surface area is 260 Å². The standard InChI is InChI=1S/C38H28N2O5/c1-45-27-22-20-24(21-23-27)32(33-35(41)28-16-8-10-18-30(28)39(37(33)43)25-12-4-2-5-13-25)34-36(42)29-17-9-11-19-31(29)40(38(34)44)26-14-6-3-7-15-26/h2-23,32-34H,1H3/t33-,34-/m1/s1. The maximum absolute atomic E-state index is 14.7. The molecule has 0 aromatic heterocycles. The number of fused-ring (bicyclic) bond motifs is 2. The summed E-state index contributed by atoms with van der Waals surface area (Å²) in [5, 5.41) is 0. The van der Waals surface area contributed by atoms with Crippen molar-refractivity contribution in [3.8, 4) is 5.75 Å². The molecule has 2 aliphatic rings. The minimum absolute atomic E-state index is 0.348. The van der Waals surface area contributed by atoms with Gasteiger partial charge in [0.1, 0.15) is 17.6 Å². The SMILES string of the molecule is COc1ccc(C([C@@H]2C(=O)c3ccccc3N(c3ccccc3)C2=O)[C@@H]2C(=O)c3ccccc3N(c3ccccc3)C2=O)cc1. The number of hydrogen-bond acceptors (Lipinski definition) is 5. The van der Waals surface area contributed by atoms with Crippen molar-refractivity contribution in [2.45, 2.75) is 5.92 Å². The summed E-state index contributed by atoms with van der Waals surface area (Å²) in [4.78, 5) is 61.5. The number of carbonyl (C=O) groups is 4. The minimum atomic E-state index is -1.37. The topological polar surface area (TPSA) is 84.0 Å². The van der Waals surface area contributed by atoms with Gasteiger partial charge in [-0.15, -0.1) is 0 Å². The Balaban J connectivity index is 1.46. The van der Waals surface area contributed by atoms with Gasteiger partial charge in [-0.25, -0.2) is 0 Å². The van der Waals surface area contributed by atoms with E-state index in [1.807, 2.05) is 36.4 Å². The molecule has 0 unspecified atom stereocenters. The summed E-state index contributed by atoms with van der Waals surface area (Å²) in [5.41, 5.74) is 3.29. The monoisotopic (exact) mass is 592 g/mol. The van der Waals surface area contributed by atoms with Crippen LogP contribution < -0.4 is 14.5 Å². The summed E-state index contributed by atoms with van der Waals surface area (Å²) in [6.07, 6.45) is 0. The average molecular weight is 593 g/mol. The number of ketones is 2. The second-order valence-corrected chi connectivity index (χ2v) is 11.0. The first-order valence-electron chi connectivity index (χ1n) is 14.7. The fraction of sp³-hybridized carbons (Fsp3) is 0.105. The number of benzene rings is 5. The Kier molecular flexibility index (Phi) is 7.06. The highest BCUT2D eigenvalue weighted by molar-refractivity contribution is 6.28. The van der Waals surface area contributed by atoms with Gasteiger partial charge in [0.15, 0.2) is 11.6 Å². The van der Waals surface area contributed by atoms with E-state index in [1.165, 1.54) is 16.9 Å². The van der Waals surface area contributed by atoms with Crippen LogP contribution in [0.4, 0.5) is 22.7 Å². The molecule has 7 nitrogen and oxygen atoms in total. The van der Waals surface area contributed by atoms with Crippen LogP contribution in [0.25, 0.3) is 0 Å². The van der Waals surface area contributed by atoms with E-state index in [-0.39, 0.29) is 0 Å². The lowest BCUT2D eigenvalue weighted by Crippen LogP contribution is -2.52. The van der Waals surface area contributed by atoms with Crippen molar-refractivity contribution < 1.29 is 23.9 Å². The van der Waals surface area contributed by atoms with E-state index >= 15 is 0 Å². The van der Waals surface area contributed by atoms with Crippen LogP contribution in [0.3, 0.4) is 0 Å². The molecule has 0 bridgehead atoms. The van der Waals surface area contributed by atoms with E-state index in [9.17, 15) is 19.2 Å². The molecule has 0 saturated carbocycles. The van der Waals surface area contributed by atoms with Crippen LogP contribution in [0.15, 0.2) is 133 Å². The maximum Gasteiger partial charge on any atom is 0.243 e. The van der Waals surface area contributed by atoms with Crippen molar-refractivity contribution in [2.75, 3.05) is 16.9 Å². The third kappa shape index (κ3) is 4.60. The summed E-state index contributed by atoms with van der Waals surface area (Å²) >= 11 is 0. The quantitative estimate of drug-likeness (QED) is 0.196. The number of rotatable bonds is 6. The first kappa shape index (κ1) is 28.0. The number of amides is 2. The second-order valence-electron chi connectivity index (χ2n) is 11.0. The molecule has 5 aromatic rings. The molecule has 45 heavy (non-hydrogen) atoms. The molecule has 0 radical (unpaired) electrons. The van der Waals surface area contributed by atoms with E-state index in [1.54, 1.807) is 97.1 Å². The lowest BCUT2D eigenvalue weighted by atomic mass is 9.68. The van der Waals surface area contributed by atoms with Gasteiger partial charge in [-0.05, 0) is 66.2 Å². The molecule has 7 heteroatoms. The minimum Gasteiger partial charge on any atom is -0.497 e. The number of carbonyl (C=O) groups excluding carboxylic acids is 4. The van der Waals surface area contributed by atoms with Gasteiger partial charge in [-0.1, -0.05) is 72.8 Å². The van der Waals surface area contributed by atoms with Gasteiger partial charge in [0, 0.05) is 28.4 Å². The van der Waals surface area contributed by atoms with E-state index in [4.69, 9.17) is 4.74 Å². The van der Waals surface area contributed by atoms with Crippen LogP contribution in [-0.4, -0.2) is 30.5 Å². The molecule has 0 spiro atoms. The predicted octanol–water partition coefficient (Wildman–Crippen LogP) is 7.13. The first-order chi connectivity index (χ1) is 22.0. The summed E-state index contributed by atoms with van der Waals surface area (Å²) in [6.45, 7) is 0. The van der Waals surface area contributed by atoms with E-state index in [2.05, 4.69) is 0 Å². The van der Waals surface area contributed by atoms with Gasteiger partial charge >= 0.3 is 0 Å². The van der Waals surface area contributed by atoms with Crippen molar-refractivity contribution in [3.63, 3.8) is 0 Å². The van der Waals surface area contributed by atoms with Crippen LogP contribution >= 0.6 is 0 Å². The zero-order valence-corrected chi connectivity index (χ0v) is 24.4. The van der Waals surface area contributed by atoms with Crippen molar-refractivity contribution in [3.05, 3.63) is 150 Å².